The fourth-order valence-electron chi connectivity index (χ4n) is 2.36. The number of aliphatic hydroxyl groups excluding tert-OH is 3. The molecule has 0 amide bonds. The van der Waals surface area contributed by atoms with Crippen LogP contribution < -0.4 is 5.73 Å². The zero-order valence-electron chi connectivity index (χ0n) is 12.7. The van der Waals surface area contributed by atoms with Crippen molar-refractivity contribution >= 4 is 17.5 Å². The van der Waals surface area contributed by atoms with Crippen molar-refractivity contribution in [1.29, 1.82) is 0 Å². The van der Waals surface area contributed by atoms with Crippen LogP contribution in [0, 0.1) is 0 Å². The molecule has 1 aliphatic heterocycles. The molecule has 0 spiro atoms. The minimum atomic E-state index is -2.55. The summed E-state index contributed by atoms with van der Waals surface area (Å²) >= 11 is 0. The van der Waals surface area contributed by atoms with Gasteiger partial charge in [0.2, 0.25) is 5.60 Å². The van der Waals surface area contributed by atoms with E-state index in [9.17, 15) is 29.7 Å². The van der Waals surface area contributed by atoms with Crippen molar-refractivity contribution in [3.8, 4) is 0 Å². The minimum Gasteiger partial charge on any atom is -0.479 e. The van der Waals surface area contributed by atoms with Crippen molar-refractivity contribution in [1.82, 2.24) is 0 Å². The van der Waals surface area contributed by atoms with Crippen LogP contribution in [0.3, 0.4) is 0 Å². The number of hydrogen-bond acceptors (Lipinski definition) is 9. The summed E-state index contributed by atoms with van der Waals surface area (Å²) in [5.74, 6) is -3.32. The number of rotatable bonds is 7. The monoisotopic (exact) mass is 335 g/mol. The van der Waals surface area contributed by atoms with Gasteiger partial charge in [0.25, 0.3) is 0 Å². The Kier molecular flexibility index (Phi) is 6.33. The lowest BCUT2D eigenvalue weighted by Crippen LogP contribution is -2.66. The number of carbonyl (C=O) groups is 3. The number of hydrogen-bond donors (Lipinski definition) is 5. The van der Waals surface area contributed by atoms with Gasteiger partial charge in [-0.1, -0.05) is 0 Å². The summed E-state index contributed by atoms with van der Waals surface area (Å²) in [7, 11) is 0. The molecule has 0 aromatic rings. The number of carboxylic acids is 1. The van der Waals surface area contributed by atoms with E-state index in [-0.39, 0.29) is 0 Å². The molecule has 6 atom stereocenters. The van der Waals surface area contributed by atoms with Crippen LogP contribution in [-0.2, 0) is 23.9 Å². The molecule has 10 nitrogen and oxygen atoms in total. The molecule has 1 rings (SSSR count). The molecular weight excluding hydrogens is 314 g/mol. The number of carboxylic acid groups (broad SMARTS) is 1. The molecule has 0 saturated carbocycles. The molecule has 1 unspecified atom stereocenters. The third-order valence-electron chi connectivity index (χ3n) is 3.67. The number of ether oxygens (including phenoxy) is 2. The molecule has 1 aliphatic rings. The van der Waals surface area contributed by atoms with Gasteiger partial charge in [-0.2, -0.15) is 0 Å². The van der Waals surface area contributed by atoms with Gasteiger partial charge in [0.05, 0.1) is 19.1 Å². The summed E-state index contributed by atoms with van der Waals surface area (Å²) in [6.07, 6.45) is -6.87. The van der Waals surface area contributed by atoms with Gasteiger partial charge in [-0.3, -0.25) is 9.59 Å². The summed E-state index contributed by atoms with van der Waals surface area (Å²) in [5.41, 5.74) is 3.09. The van der Waals surface area contributed by atoms with E-state index < -0.39 is 66.8 Å². The Morgan fingerprint density at radius 2 is 1.83 bits per heavy atom. The number of ketones is 2. The maximum atomic E-state index is 11.8. The summed E-state index contributed by atoms with van der Waals surface area (Å²) in [4.78, 5) is 34.7. The smallest absolute Gasteiger partial charge is 0.344 e. The van der Waals surface area contributed by atoms with Crippen LogP contribution in [0.25, 0.3) is 0 Å². The molecule has 1 heterocycles. The molecule has 0 aliphatic carbocycles. The van der Waals surface area contributed by atoms with Crippen LogP contribution >= 0.6 is 0 Å². The van der Waals surface area contributed by atoms with Gasteiger partial charge in [0.1, 0.15) is 24.1 Å². The van der Waals surface area contributed by atoms with Crippen LogP contribution in [0.2, 0.25) is 0 Å². The minimum absolute atomic E-state index is 0.628. The van der Waals surface area contributed by atoms with Gasteiger partial charge in [-0.25, -0.2) is 4.79 Å². The van der Waals surface area contributed by atoms with E-state index in [1.807, 2.05) is 0 Å². The van der Waals surface area contributed by atoms with Gasteiger partial charge >= 0.3 is 5.97 Å². The zero-order chi connectivity index (χ0) is 17.9. The number of carbonyl (C=O) groups excluding carboxylic acids is 2. The van der Waals surface area contributed by atoms with Crippen LogP contribution in [0.1, 0.15) is 20.3 Å². The van der Waals surface area contributed by atoms with Crippen LogP contribution in [0.4, 0.5) is 0 Å². The van der Waals surface area contributed by atoms with Gasteiger partial charge in [-0.05, 0) is 13.8 Å². The fraction of sp³-hybridized carbons (Fsp3) is 0.769. The highest BCUT2D eigenvalue weighted by molar-refractivity contribution is 6.08. The topological polar surface area (TPSA) is 177 Å². The van der Waals surface area contributed by atoms with E-state index in [2.05, 4.69) is 0 Å². The lowest BCUT2D eigenvalue weighted by molar-refractivity contribution is -0.272. The number of nitrogens with two attached hydrogens (primary N) is 1. The Bertz CT molecular complexity index is 466. The van der Waals surface area contributed by atoms with E-state index in [4.69, 9.17) is 20.3 Å². The molecule has 1 saturated heterocycles. The number of aliphatic hydroxyl groups is 3. The fourth-order valence-corrected chi connectivity index (χ4v) is 2.36. The molecular formula is C13H21NO9. The van der Waals surface area contributed by atoms with Crippen molar-refractivity contribution in [2.75, 3.05) is 6.61 Å². The summed E-state index contributed by atoms with van der Waals surface area (Å²) in [6.45, 7) is 1.31. The molecule has 1 fully saturated rings. The van der Waals surface area contributed by atoms with Crippen LogP contribution in [0.15, 0.2) is 0 Å². The van der Waals surface area contributed by atoms with Crippen LogP contribution in [0.5, 0.6) is 0 Å². The third kappa shape index (κ3) is 3.91. The second-order valence-electron chi connectivity index (χ2n) is 5.47. The standard InChI is InChI=1S/C13H21NO9/c1-5(16)3-13(6(2)17,12(20)21)23-10-8(14)11(19)22-7(4-15)9(10)18/h7-11,15,18-19H,3-4,14H2,1-2H3,(H,20,21)/t7-,8-,9-,10-,11+,13?/m1/s1. The number of aliphatic carboxylic acids is 1. The molecule has 0 aromatic heterocycles. The van der Waals surface area contributed by atoms with E-state index in [0.29, 0.717) is 0 Å². The molecule has 132 valence electrons. The summed E-state index contributed by atoms with van der Waals surface area (Å²) in [5, 5.41) is 38.2. The van der Waals surface area contributed by atoms with E-state index in [0.717, 1.165) is 13.8 Å². The first kappa shape index (κ1) is 19.6. The lowest BCUT2D eigenvalue weighted by Gasteiger charge is -2.43. The third-order valence-corrected chi connectivity index (χ3v) is 3.67. The van der Waals surface area contributed by atoms with Crippen molar-refractivity contribution in [3.63, 3.8) is 0 Å². The summed E-state index contributed by atoms with van der Waals surface area (Å²) < 4.78 is 10.1. The Hall–Kier alpha value is -1.43. The molecule has 23 heavy (non-hydrogen) atoms. The second kappa shape index (κ2) is 7.43. The molecule has 0 radical (unpaired) electrons. The Balaban J connectivity index is 3.20. The normalized spacial score (nSPS) is 33.7. The average molecular weight is 335 g/mol. The highest BCUT2D eigenvalue weighted by Crippen LogP contribution is 2.28. The summed E-state index contributed by atoms with van der Waals surface area (Å²) in [6, 6.07) is -1.39. The second-order valence-corrected chi connectivity index (χ2v) is 5.47. The first-order valence-corrected chi connectivity index (χ1v) is 6.86. The van der Waals surface area contributed by atoms with Crippen molar-refractivity contribution in [3.05, 3.63) is 0 Å². The zero-order valence-corrected chi connectivity index (χ0v) is 12.7. The molecule has 0 aromatic carbocycles. The highest BCUT2D eigenvalue weighted by atomic mass is 16.6. The van der Waals surface area contributed by atoms with E-state index in [1.54, 1.807) is 0 Å². The van der Waals surface area contributed by atoms with Gasteiger partial charge in [0.15, 0.2) is 12.1 Å². The van der Waals surface area contributed by atoms with E-state index >= 15 is 0 Å². The maximum Gasteiger partial charge on any atom is 0.344 e. The van der Waals surface area contributed by atoms with Crippen molar-refractivity contribution in [2.45, 2.75) is 56.5 Å². The predicted octanol–water partition coefficient (Wildman–Crippen LogP) is -2.84. The average Bonchev–Trinajstić information content (AvgIpc) is 2.45. The van der Waals surface area contributed by atoms with Crippen molar-refractivity contribution in [2.24, 2.45) is 5.73 Å². The SMILES string of the molecule is CC(=O)CC(O[C@@H]1[C@@H](N)[C@@H](O)O[C@H](CO)[C@H]1O)(C(C)=O)C(=O)O. The Labute approximate surface area is 131 Å². The molecule has 6 N–H and O–H groups in total. The van der Waals surface area contributed by atoms with Crippen molar-refractivity contribution < 1.29 is 44.3 Å². The Morgan fingerprint density at radius 1 is 1.26 bits per heavy atom. The van der Waals surface area contributed by atoms with E-state index in [1.165, 1.54) is 0 Å². The highest BCUT2D eigenvalue weighted by Gasteiger charge is 2.53. The maximum absolute atomic E-state index is 11.8. The van der Waals surface area contributed by atoms with Gasteiger partial charge in [-0.15, -0.1) is 0 Å². The first-order valence-electron chi connectivity index (χ1n) is 6.86. The lowest BCUT2D eigenvalue weighted by atomic mass is 9.90. The largest absolute Gasteiger partial charge is 0.479 e. The van der Waals surface area contributed by atoms with Gasteiger partial charge < -0.3 is 35.6 Å². The number of Topliss-reactive ketones (excluding diaryl/α,β-unsaturated/α-hetero) is 2. The van der Waals surface area contributed by atoms with Crippen LogP contribution in [-0.4, -0.2) is 80.8 Å². The first-order chi connectivity index (χ1) is 10.6. The molecule has 10 heteroatoms. The van der Waals surface area contributed by atoms with Gasteiger partial charge in [0, 0.05) is 0 Å². The Morgan fingerprint density at radius 3 is 2.22 bits per heavy atom. The predicted molar refractivity (Wildman–Crippen MR) is 73.2 cm³/mol. The quantitative estimate of drug-likeness (QED) is 0.304. The molecule has 0 bridgehead atoms.